The van der Waals surface area contributed by atoms with Crippen molar-refractivity contribution in [2.24, 2.45) is 0 Å². The molecular formula is C17H23ClN2OS. The van der Waals surface area contributed by atoms with Gasteiger partial charge in [0.25, 0.3) is 0 Å². The van der Waals surface area contributed by atoms with Gasteiger partial charge in [0.1, 0.15) is 6.10 Å². The lowest BCUT2D eigenvalue weighted by Crippen LogP contribution is -2.38. The Morgan fingerprint density at radius 1 is 1.18 bits per heavy atom. The lowest BCUT2D eigenvalue weighted by molar-refractivity contribution is 0.159. The summed E-state index contributed by atoms with van der Waals surface area (Å²) in [5, 5.41) is 14.2. The molecule has 0 unspecified atom stereocenters. The summed E-state index contributed by atoms with van der Waals surface area (Å²) in [5.74, 6) is 0. The second kappa shape index (κ2) is 7.97. The quantitative estimate of drug-likeness (QED) is 0.887. The van der Waals surface area contributed by atoms with Crippen LogP contribution in [0.3, 0.4) is 0 Å². The van der Waals surface area contributed by atoms with Crippen molar-refractivity contribution in [3.8, 4) is 11.3 Å². The first-order valence-electron chi connectivity index (χ1n) is 7.01. The van der Waals surface area contributed by atoms with Crippen molar-refractivity contribution < 1.29 is 5.11 Å². The molecule has 2 N–H and O–H groups in total. The van der Waals surface area contributed by atoms with Gasteiger partial charge in [-0.05, 0) is 45.0 Å². The van der Waals surface area contributed by atoms with E-state index in [0.29, 0.717) is 17.3 Å². The van der Waals surface area contributed by atoms with Gasteiger partial charge in [0.2, 0.25) is 0 Å². The number of rotatable bonds is 4. The van der Waals surface area contributed by atoms with E-state index in [9.17, 15) is 5.11 Å². The first-order valence-corrected chi connectivity index (χ1v) is 7.39. The smallest absolute Gasteiger partial charge is 0.108 e. The molecule has 2 aromatic rings. The standard InChI is InChI=1S/C17H21ClN2O.H2S/c1-17(2,3)19-11-16(21)15-9-5-8-14(20-15)12-6-4-7-13(18)10-12;/h4-10,16,19,21H,11H2,1-3H3;1H2/t16-;/m0./s1. The third-order valence-corrected chi connectivity index (χ3v) is 3.29. The molecule has 0 fully saturated rings. The summed E-state index contributed by atoms with van der Waals surface area (Å²) >= 11 is 6.01. The molecular weight excluding hydrogens is 316 g/mol. The number of hydrogen-bond donors (Lipinski definition) is 2. The van der Waals surface area contributed by atoms with Gasteiger partial charge < -0.3 is 10.4 Å². The predicted molar refractivity (Wildman–Crippen MR) is 97.8 cm³/mol. The zero-order chi connectivity index (χ0) is 15.5. The molecule has 1 atom stereocenters. The largest absolute Gasteiger partial charge is 0.385 e. The highest BCUT2D eigenvalue weighted by molar-refractivity contribution is 7.59. The van der Waals surface area contributed by atoms with Crippen molar-refractivity contribution in [2.45, 2.75) is 32.4 Å². The van der Waals surface area contributed by atoms with Crippen molar-refractivity contribution in [3.63, 3.8) is 0 Å². The van der Waals surface area contributed by atoms with Gasteiger partial charge in [-0.2, -0.15) is 13.5 Å². The molecule has 2 rings (SSSR count). The number of aromatic nitrogens is 1. The van der Waals surface area contributed by atoms with E-state index in [1.54, 1.807) is 0 Å². The Morgan fingerprint density at radius 3 is 2.50 bits per heavy atom. The molecule has 22 heavy (non-hydrogen) atoms. The lowest BCUT2D eigenvalue weighted by atomic mass is 10.1. The van der Waals surface area contributed by atoms with Crippen LogP contribution in [0.15, 0.2) is 42.5 Å². The van der Waals surface area contributed by atoms with Crippen LogP contribution in [0.4, 0.5) is 0 Å². The summed E-state index contributed by atoms with van der Waals surface area (Å²) in [6.45, 7) is 6.66. The van der Waals surface area contributed by atoms with Crippen molar-refractivity contribution >= 4 is 25.1 Å². The van der Waals surface area contributed by atoms with Crippen LogP contribution in [-0.4, -0.2) is 22.2 Å². The molecule has 120 valence electrons. The summed E-state index contributed by atoms with van der Waals surface area (Å²) in [4.78, 5) is 4.54. The minimum Gasteiger partial charge on any atom is -0.385 e. The first kappa shape index (κ1) is 19.0. The fourth-order valence-corrected chi connectivity index (χ4v) is 2.14. The molecule has 0 aliphatic heterocycles. The molecule has 0 bridgehead atoms. The second-order valence-corrected chi connectivity index (χ2v) is 6.54. The average Bonchev–Trinajstić information content (AvgIpc) is 2.44. The Kier molecular flexibility index (Phi) is 6.88. The van der Waals surface area contributed by atoms with E-state index in [2.05, 4.69) is 31.1 Å². The second-order valence-electron chi connectivity index (χ2n) is 6.10. The Bertz CT molecular complexity index is 614. The maximum atomic E-state index is 10.3. The maximum Gasteiger partial charge on any atom is 0.108 e. The summed E-state index contributed by atoms with van der Waals surface area (Å²) in [7, 11) is 0. The molecule has 1 heterocycles. The predicted octanol–water partition coefficient (Wildman–Crippen LogP) is 3.94. The van der Waals surface area contributed by atoms with E-state index < -0.39 is 6.10 Å². The molecule has 0 radical (unpaired) electrons. The SMILES string of the molecule is CC(C)(C)NC[C@H](O)c1cccc(-c2cccc(Cl)c2)n1.S. The first-order chi connectivity index (χ1) is 9.85. The van der Waals surface area contributed by atoms with Gasteiger partial charge in [-0.25, -0.2) is 0 Å². The van der Waals surface area contributed by atoms with Crippen molar-refractivity contribution in [3.05, 3.63) is 53.2 Å². The molecule has 3 nitrogen and oxygen atoms in total. The number of nitrogens with zero attached hydrogens (tertiary/aromatic N) is 1. The molecule has 1 aromatic heterocycles. The van der Waals surface area contributed by atoms with Gasteiger partial charge in [-0.1, -0.05) is 29.8 Å². The Labute approximate surface area is 144 Å². The van der Waals surface area contributed by atoms with E-state index in [1.807, 2.05) is 42.5 Å². The molecule has 0 saturated heterocycles. The number of β-amino-alcohol motifs (C(OH)–C–C–N with tert-alkyl or cyclic N) is 1. The van der Waals surface area contributed by atoms with Crippen LogP contribution < -0.4 is 5.32 Å². The van der Waals surface area contributed by atoms with Crippen molar-refractivity contribution in [1.82, 2.24) is 10.3 Å². The van der Waals surface area contributed by atoms with Crippen molar-refractivity contribution in [2.75, 3.05) is 6.54 Å². The van der Waals surface area contributed by atoms with E-state index in [4.69, 9.17) is 11.6 Å². The number of aliphatic hydroxyl groups excluding tert-OH is 1. The van der Waals surface area contributed by atoms with Gasteiger partial charge in [-0.3, -0.25) is 4.98 Å². The summed E-state index contributed by atoms with van der Waals surface area (Å²) in [6, 6.07) is 13.2. The van der Waals surface area contributed by atoms with Gasteiger partial charge in [0.15, 0.2) is 0 Å². The van der Waals surface area contributed by atoms with Crippen LogP contribution in [0.2, 0.25) is 5.02 Å². The molecule has 0 spiro atoms. The van der Waals surface area contributed by atoms with Gasteiger partial charge in [0, 0.05) is 22.7 Å². The highest BCUT2D eigenvalue weighted by Crippen LogP contribution is 2.22. The minimum atomic E-state index is -0.636. The Balaban J connectivity index is 0.00000242. The molecule has 5 heteroatoms. The Morgan fingerprint density at radius 2 is 1.86 bits per heavy atom. The molecule has 0 saturated carbocycles. The molecule has 0 aliphatic carbocycles. The normalized spacial score (nSPS) is 12.6. The van der Waals surface area contributed by atoms with Gasteiger partial charge in [0.05, 0.1) is 11.4 Å². The van der Waals surface area contributed by atoms with Crippen LogP contribution in [0.1, 0.15) is 32.6 Å². The van der Waals surface area contributed by atoms with E-state index in [-0.39, 0.29) is 19.0 Å². The number of halogens is 1. The van der Waals surface area contributed by atoms with E-state index in [0.717, 1.165) is 11.3 Å². The van der Waals surface area contributed by atoms with E-state index in [1.165, 1.54) is 0 Å². The zero-order valence-electron chi connectivity index (χ0n) is 13.1. The topological polar surface area (TPSA) is 45.1 Å². The fraction of sp³-hybridized carbons (Fsp3) is 0.353. The van der Waals surface area contributed by atoms with Crippen molar-refractivity contribution in [1.29, 1.82) is 0 Å². The van der Waals surface area contributed by atoms with Crippen LogP contribution in [0.5, 0.6) is 0 Å². The molecule has 0 amide bonds. The minimum absolute atomic E-state index is 0. The number of hydrogen-bond acceptors (Lipinski definition) is 3. The maximum absolute atomic E-state index is 10.3. The molecule has 0 aliphatic rings. The fourth-order valence-electron chi connectivity index (χ4n) is 1.95. The molecule has 1 aromatic carbocycles. The summed E-state index contributed by atoms with van der Waals surface area (Å²) < 4.78 is 0. The van der Waals surface area contributed by atoms with Gasteiger partial charge in [-0.15, -0.1) is 0 Å². The lowest BCUT2D eigenvalue weighted by Gasteiger charge is -2.22. The van der Waals surface area contributed by atoms with Crippen LogP contribution in [-0.2, 0) is 0 Å². The summed E-state index contributed by atoms with van der Waals surface area (Å²) in [6.07, 6.45) is -0.636. The Hall–Kier alpha value is -1.07. The summed E-state index contributed by atoms with van der Waals surface area (Å²) in [5.41, 5.74) is 2.38. The van der Waals surface area contributed by atoms with Crippen LogP contribution in [0.25, 0.3) is 11.3 Å². The number of pyridine rings is 1. The van der Waals surface area contributed by atoms with Crippen LogP contribution >= 0.6 is 25.1 Å². The third-order valence-electron chi connectivity index (χ3n) is 3.06. The van der Waals surface area contributed by atoms with E-state index >= 15 is 0 Å². The monoisotopic (exact) mass is 338 g/mol. The number of aliphatic hydroxyl groups is 1. The highest BCUT2D eigenvalue weighted by Gasteiger charge is 2.15. The number of nitrogens with one attached hydrogen (secondary N) is 1. The van der Waals surface area contributed by atoms with Gasteiger partial charge >= 0.3 is 0 Å². The zero-order valence-corrected chi connectivity index (χ0v) is 14.9. The average molecular weight is 339 g/mol. The highest BCUT2D eigenvalue weighted by atomic mass is 35.5. The van der Waals surface area contributed by atoms with Crippen LogP contribution in [0, 0.1) is 0 Å². The third kappa shape index (κ3) is 5.61. The number of benzene rings is 1.